The summed E-state index contributed by atoms with van der Waals surface area (Å²) in [6.45, 7) is 0. The van der Waals surface area contributed by atoms with Crippen molar-refractivity contribution >= 4 is 28.2 Å². The van der Waals surface area contributed by atoms with Crippen molar-refractivity contribution in [1.82, 2.24) is 4.98 Å². The summed E-state index contributed by atoms with van der Waals surface area (Å²) in [6, 6.07) is 7.45. The Hall–Kier alpha value is -1.35. The molecule has 0 aliphatic carbocycles. The van der Waals surface area contributed by atoms with Crippen molar-refractivity contribution in [3.8, 4) is 0 Å². The van der Waals surface area contributed by atoms with Gasteiger partial charge in [-0.25, -0.2) is 4.39 Å². The highest BCUT2D eigenvalue weighted by Gasteiger charge is 2.28. The summed E-state index contributed by atoms with van der Waals surface area (Å²) in [5.74, 6) is -0.132. The lowest BCUT2D eigenvalue weighted by molar-refractivity contribution is 0.613. The second kappa shape index (κ2) is 4.88. The molecule has 20 heavy (non-hydrogen) atoms. The Morgan fingerprint density at radius 2 is 2.20 bits per heavy atom. The van der Waals surface area contributed by atoms with E-state index in [1.54, 1.807) is 12.3 Å². The number of fused-ring (bicyclic) bond motifs is 3. The minimum atomic E-state index is -0.132. The third-order valence-corrected chi connectivity index (χ3v) is 5.76. The van der Waals surface area contributed by atoms with Crippen molar-refractivity contribution in [2.24, 2.45) is 0 Å². The number of thioether (sulfide) groups is 1. The second-order valence-electron chi connectivity index (χ2n) is 5.65. The zero-order valence-electron chi connectivity index (χ0n) is 11.2. The average Bonchev–Trinajstić information content (AvgIpc) is 2.46. The molecule has 2 aromatic rings. The lowest BCUT2D eigenvalue weighted by Gasteiger charge is -2.33. The molecule has 1 aromatic carbocycles. The maximum Gasteiger partial charge on any atom is 0.132 e. The minimum absolute atomic E-state index is 0.132. The van der Waals surface area contributed by atoms with E-state index in [0.29, 0.717) is 10.5 Å². The molecule has 3 heteroatoms. The molecule has 0 N–H and O–H groups in total. The fourth-order valence-corrected chi connectivity index (χ4v) is 4.90. The maximum atomic E-state index is 14.4. The number of nitrogens with zero attached hydrogens (tertiary/aromatic N) is 1. The van der Waals surface area contributed by atoms with Gasteiger partial charge in [0.1, 0.15) is 5.82 Å². The van der Waals surface area contributed by atoms with E-state index in [2.05, 4.69) is 22.8 Å². The predicted molar refractivity (Wildman–Crippen MR) is 83.3 cm³/mol. The minimum Gasteiger partial charge on any atom is -0.256 e. The molecule has 3 heterocycles. The van der Waals surface area contributed by atoms with Crippen LogP contribution in [-0.2, 0) is 0 Å². The van der Waals surface area contributed by atoms with Crippen LogP contribution < -0.4 is 0 Å². The summed E-state index contributed by atoms with van der Waals surface area (Å²) in [5.41, 5.74) is 2.71. The zero-order chi connectivity index (χ0) is 13.5. The number of hydrogen-bond donors (Lipinski definition) is 0. The third kappa shape index (κ3) is 2.14. The van der Waals surface area contributed by atoms with E-state index < -0.39 is 0 Å². The van der Waals surface area contributed by atoms with Crippen molar-refractivity contribution in [3.63, 3.8) is 0 Å². The fourth-order valence-electron chi connectivity index (χ4n) is 3.28. The number of pyridine rings is 1. The van der Waals surface area contributed by atoms with Gasteiger partial charge in [-0.15, -0.1) is 0 Å². The average molecular weight is 285 g/mol. The van der Waals surface area contributed by atoms with Crippen LogP contribution in [0.2, 0.25) is 0 Å². The fraction of sp³-hybridized carbons (Fsp3) is 0.353. The Morgan fingerprint density at radius 1 is 1.25 bits per heavy atom. The van der Waals surface area contributed by atoms with Crippen LogP contribution in [0.4, 0.5) is 4.39 Å². The summed E-state index contributed by atoms with van der Waals surface area (Å²) in [7, 11) is 0. The van der Waals surface area contributed by atoms with Crippen LogP contribution in [-0.4, -0.2) is 15.5 Å². The van der Waals surface area contributed by atoms with Crippen molar-refractivity contribution in [2.45, 2.75) is 36.2 Å². The molecule has 1 aromatic heterocycles. The molecule has 102 valence electrons. The number of allylic oxidation sites excluding steroid dienone is 1. The molecular formula is C17H16FNS. The first-order valence-corrected chi connectivity index (χ1v) is 8.15. The first-order chi connectivity index (χ1) is 9.79. The van der Waals surface area contributed by atoms with Crippen LogP contribution in [0.15, 0.2) is 36.5 Å². The monoisotopic (exact) mass is 285 g/mol. The Kier molecular flexibility index (Phi) is 3.03. The Bertz CT molecular complexity index is 694. The van der Waals surface area contributed by atoms with Crippen LogP contribution in [0.1, 0.15) is 31.2 Å². The van der Waals surface area contributed by atoms with Gasteiger partial charge < -0.3 is 0 Å². The standard InChI is InChI=1S/C17H16FNS/c18-16-10-17-11(3-2-6-19-17)9-15(16)12-7-13-4-1-5-14(8-12)20-13/h2-3,6-7,9-10,13-14H,1,4-5,8H2. The molecular weight excluding hydrogens is 269 g/mol. The van der Waals surface area contributed by atoms with E-state index in [9.17, 15) is 4.39 Å². The molecule has 4 rings (SSSR count). The van der Waals surface area contributed by atoms with Crippen molar-refractivity contribution < 1.29 is 4.39 Å². The molecule has 1 fully saturated rings. The molecule has 2 unspecified atom stereocenters. The zero-order valence-corrected chi connectivity index (χ0v) is 12.0. The highest BCUT2D eigenvalue weighted by Crippen LogP contribution is 2.43. The summed E-state index contributed by atoms with van der Waals surface area (Å²) in [5, 5.41) is 2.28. The first-order valence-electron chi connectivity index (χ1n) is 7.20. The predicted octanol–water partition coefficient (Wildman–Crippen LogP) is 4.82. The van der Waals surface area contributed by atoms with Crippen molar-refractivity contribution in [2.75, 3.05) is 0 Å². The van der Waals surface area contributed by atoms with Gasteiger partial charge in [0.05, 0.1) is 5.52 Å². The van der Waals surface area contributed by atoms with Crippen LogP contribution >= 0.6 is 11.8 Å². The van der Waals surface area contributed by atoms with Crippen LogP contribution in [0.25, 0.3) is 16.5 Å². The summed E-state index contributed by atoms with van der Waals surface area (Å²) in [4.78, 5) is 4.22. The van der Waals surface area contributed by atoms with Gasteiger partial charge in [-0.3, -0.25) is 4.98 Å². The molecule has 2 aliphatic heterocycles. The molecule has 1 saturated heterocycles. The number of benzene rings is 1. The molecule has 0 radical (unpaired) electrons. The quantitative estimate of drug-likeness (QED) is 0.745. The number of aromatic nitrogens is 1. The van der Waals surface area contributed by atoms with Gasteiger partial charge in [0.25, 0.3) is 0 Å². The van der Waals surface area contributed by atoms with Crippen molar-refractivity contribution in [3.05, 3.63) is 47.9 Å². The summed E-state index contributed by atoms with van der Waals surface area (Å²) in [6.07, 6.45) is 8.83. The van der Waals surface area contributed by atoms with Crippen molar-refractivity contribution in [1.29, 1.82) is 0 Å². The highest BCUT2D eigenvalue weighted by atomic mass is 32.2. The normalized spacial score (nSPS) is 25.6. The number of halogens is 1. The lowest BCUT2D eigenvalue weighted by Crippen LogP contribution is -2.21. The van der Waals surface area contributed by atoms with E-state index >= 15 is 0 Å². The van der Waals surface area contributed by atoms with E-state index in [-0.39, 0.29) is 5.82 Å². The Morgan fingerprint density at radius 3 is 3.10 bits per heavy atom. The topological polar surface area (TPSA) is 12.9 Å². The van der Waals surface area contributed by atoms with Crippen LogP contribution in [0.5, 0.6) is 0 Å². The smallest absolute Gasteiger partial charge is 0.132 e. The Balaban J connectivity index is 1.81. The second-order valence-corrected chi connectivity index (χ2v) is 7.20. The molecule has 0 amide bonds. The van der Waals surface area contributed by atoms with E-state index in [1.165, 1.54) is 24.8 Å². The lowest BCUT2D eigenvalue weighted by atomic mass is 9.92. The number of rotatable bonds is 1. The third-order valence-electron chi connectivity index (χ3n) is 4.25. The summed E-state index contributed by atoms with van der Waals surface area (Å²) < 4.78 is 14.4. The molecule has 2 bridgehead atoms. The van der Waals surface area contributed by atoms with Gasteiger partial charge in [-0.1, -0.05) is 18.6 Å². The van der Waals surface area contributed by atoms with E-state index in [1.807, 2.05) is 18.2 Å². The first kappa shape index (κ1) is 12.4. The Labute approximate surface area is 122 Å². The van der Waals surface area contributed by atoms with E-state index in [0.717, 1.165) is 22.9 Å². The van der Waals surface area contributed by atoms with Crippen LogP contribution in [0, 0.1) is 5.82 Å². The molecule has 0 saturated carbocycles. The largest absolute Gasteiger partial charge is 0.256 e. The highest BCUT2D eigenvalue weighted by molar-refractivity contribution is 8.00. The molecule has 2 atom stereocenters. The molecule has 2 aliphatic rings. The maximum absolute atomic E-state index is 14.4. The van der Waals surface area contributed by atoms with Gasteiger partial charge in [-0.05, 0) is 37.0 Å². The van der Waals surface area contributed by atoms with Gasteiger partial charge in [0.2, 0.25) is 0 Å². The number of hydrogen-bond acceptors (Lipinski definition) is 2. The van der Waals surface area contributed by atoms with E-state index in [4.69, 9.17) is 0 Å². The van der Waals surface area contributed by atoms with Gasteiger partial charge in [0, 0.05) is 33.7 Å². The molecule has 0 spiro atoms. The molecule has 1 nitrogen and oxygen atoms in total. The SMILES string of the molecule is Fc1cc2ncccc2cc1C1=CC2CCCC(C1)S2. The van der Waals surface area contributed by atoms with Gasteiger partial charge in [-0.2, -0.15) is 11.8 Å². The van der Waals surface area contributed by atoms with Crippen LogP contribution in [0.3, 0.4) is 0 Å². The van der Waals surface area contributed by atoms with Gasteiger partial charge in [0.15, 0.2) is 0 Å². The summed E-state index contributed by atoms with van der Waals surface area (Å²) >= 11 is 2.07. The van der Waals surface area contributed by atoms with Gasteiger partial charge >= 0.3 is 0 Å².